The van der Waals surface area contributed by atoms with Crippen LogP contribution in [0, 0.1) is 13.8 Å². The molecule has 1 aliphatic heterocycles. The first-order valence-corrected chi connectivity index (χ1v) is 9.79. The summed E-state index contributed by atoms with van der Waals surface area (Å²) in [4.78, 5) is 49.4. The van der Waals surface area contributed by atoms with E-state index in [1.165, 1.54) is 14.2 Å². The number of benzene rings is 1. The summed E-state index contributed by atoms with van der Waals surface area (Å²) in [6, 6.07) is 8.91. The van der Waals surface area contributed by atoms with Crippen molar-refractivity contribution in [1.82, 2.24) is 9.47 Å². The summed E-state index contributed by atoms with van der Waals surface area (Å²) < 4.78 is 11.3. The van der Waals surface area contributed by atoms with Crippen molar-refractivity contribution in [2.75, 3.05) is 20.8 Å². The molecule has 0 spiro atoms. The van der Waals surface area contributed by atoms with Crippen LogP contribution in [0.3, 0.4) is 0 Å². The van der Waals surface area contributed by atoms with Crippen molar-refractivity contribution in [1.29, 1.82) is 0 Å². The lowest BCUT2D eigenvalue weighted by Gasteiger charge is -2.13. The van der Waals surface area contributed by atoms with E-state index < -0.39 is 29.6 Å². The number of nitrogens with zero attached hydrogens (tertiary/aromatic N) is 2. The molecule has 2 aromatic rings. The van der Waals surface area contributed by atoms with Crippen LogP contribution >= 0.6 is 11.8 Å². The standard InChI is InChI=1S/C21H20N2O6S/c1-12-9-14(10-17-19(25)22(21(27)30-17)11-18(24)28-3)13(2)23(12)16-8-6-5-7-15(16)20(26)29-4/h5-10H,11H2,1-4H3/b17-10-. The first kappa shape index (κ1) is 21.4. The summed E-state index contributed by atoms with van der Waals surface area (Å²) in [5, 5.41) is -0.526. The first-order valence-electron chi connectivity index (χ1n) is 8.97. The summed E-state index contributed by atoms with van der Waals surface area (Å²) in [7, 11) is 2.52. The van der Waals surface area contributed by atoms with E-state index in [-0.39, 0.29) is 4.91 Å². The number of rotatable bonds is 5. The molecule has 2 heterocycles. The zero-order chi connectivity index (χ0) is 22.0. The Morgan fingerprint density at radius 3 is 2.47 bits per heavy atom. The van der Waals surface area contributed by atoms with Crippen LogP contribution in [0.5, 0.6) is 0 Å². The Kier molecular flexibility index (Phi) is 6.12. The van der Waals surface area contributed by atoms with Gasteiger partial charge in [-0.3, -0.25) is 19.3 Å². The molecule has 1 fully saturated rings. The van der Waals surface area contributed by atoms with E-state index in [1.807, 2.05) is 30.5 Å². The van der Waals surface area contributed by atoms with Crippen molar-refractivity contribution in [2.45, 2.75) is 13.8 Å². The fourth-order valence-corrected chi connectivity index (χ4v) is 4.06. The molecular formula is C21H20N2O6S. The van der Waals surface area contributed by atoms with Crippen LogP contribution in [0.15, 0.2) is 35.2 Å². The highest BCUT2D eigenvalue weighted by Crippen LogP contribution is 2.34. The molecule has 1 aromatic heterocycles. The lowest BCUT2D eigenvalue weighted by atomic mass is 10.1. The molecule has 8 nitrogen and oxygen atoms in total. The summed E-state index contributed by atoms with van der Waals surface area (Å²) in [5.74, 6) is -1.67. The monoisotopic (exact) mass is 428 g/mol. The molecule has 1 aromatic carbocycles. The first-order chi connectivity index (χ1) is 14.3. The van der Waals surface area contributed by atoms with Crippen molar-refractivity contribution in [2.24, 2.45) is 0 Å². The molecular weight excluding hydrogens is 408 g/mol. The van der Waals surface area contributed by atoms with E-state index in [0.717, 1.165) is 33.6 Å². The van der Waals surface area contributed by atoms with Crippen molar-refractivity contribution in [3.63, 3.8) is 0 Å². The third-order valence-corrected chi connectivity index (χ3v) is 5.60. The molecule has 0 radical (unpaired) electrons. The largest absolute Gasteiger partial charge is 0.468 e. The number of amides is 2. The normalized spacial score (nSPS) is 15.1. The van der Waals surface area contributed by atoms with Gasteiger partial charge in [-0.15, -0.1) is 0 Å². The molecule has 0 unspecified atom stereocenters. The van der Waals surface area contributed by atoms with Crippen LogP contribution in [0.25, 0.3) is 11.8 Å². The maximum atomic E-state index is 12.6. The van der Waals surface area contributed by atoms with E-state index in [2.05, 4.69) is 4.74 Å². The minimum Gasteiger partial charge on any atom is -0.468 e. The molecule has 1 aliphatic rings. The van der Waals surface area contributed by atoms with Crippen molar-refractivity contribution in [3.05, 3.63) is 57.8 Å². The smallest absolute Gasteiger partial charge is 0.339 e. The number of esters is 2. The fraction of sp³-hybridized carbons (Fsp3) is 0.238. The van der Waals surface area contributed by atoms with Gasteiger partial charge in [0.25, 0.3) is 11.1 Å². The average molecular weight is 428 g/mol. The van der Waals surface area contributed by atoms with Gasteiger partial charge in [0.15, 0.2) is 0 Å². The average Bonchev–Trinajstić information content (AvgIpc) is 3.16. The second-order valence-corrected chi connectivity index (χ2v) is 7.51. The van der Waals surface area contributed by atoms with E-state index >= 15 is 0 Å². The topological polar surface area (TPSA) is 94.9 Å². The van der Waals surface area contributed by atoms with Gasteiger partial charge >= 0.3 is 11.9 Å². The van der Waals surface area contributed by atoms with Gasteiger partial charge in [0, 0.05) is 11.4 Å². The molecule has 3 rings (SSSR count). The van der Waals surface area contributed by atoms with Crippen LogP contribution in [0.4, 0.5) is 4.79 Å². The predicted molar refractivity (Wildman–Crippen MR) is 111 cm³/mol. The highest BCUT2D eigenvalue weighted by atomic mass is 32.2. The molecule has 0 aliphatic carbocycles. The van der Waals surface area contributed by atoms with Gasteiger partial charge < -0.3 is 14.0 Å². The minimum atomic E-state index is -0.670. The number of hydrogen-bond acceptors (Lipinski definition) is 7. The van der Waals surface area contributed by atoms with Gasteiger partial charge in [0.1, 0.15) is 6.54 Å². The summed E-state index contributed by atoms with van der Waals surface area (Å²) in [5.41, 5.74) is 3.40. The number of para-hydroxylation sites is 1. The van der Waals surface area contributed by atoms with Crippen LogP contribution in [0.1, 0.15) is 27.3 Å². The molecule has 0 atom stereocenters. The zero-order valence-electron chi connectivity index (χ0n) is 16.9. The van der Waals surface area contributed by atoms with Crippen LogP contribution in [-0.2, 0) is 19.1 Å². The number of hydrogen-bond donors (Lipinski definition) is 0. The van der Waals surface area contributed by atoms with E-state index in [9.17, 15) is 19.2 Å². The molecule has 156 valence electrons. The second kappa shape index (κ2) is 8.58. The molecule has 9 heteroatoms. The molecule has 1 saturated heterocycles. The maximum Gasteiger partial charge on any atom is 0.339 e. The Morgan fingerprint density at radius 2 is 1.80 bits per heavy atom. The Morgan fingerprint density at radius 1 is 1.10 bits per heavy atom. The number of imide groups is 1. The van der Waals surface area contributed by atoms with Gasteiger partial charge in [0.05, 0.1) is 30.4 Å². The third kappa shape index (κ3) is 3.88. The fourth-order valence-electron chi connectivity index (χ4n) is 3.23. The van der Waals surface area contributed by atoms with Crippen molar-refractivity contribution < 1.29 is 28.7 Å². The lowest BCUT2D eigenvalue weighted by molar-refractivity contribution is -0.143. The van der Waals surface area contributed by atoms with Gasteiger partial charge in [-0.25, -0.2) is 4.79 Å². The number of carbonyl (C=O) groups excluding carboxylic acids is 4. The van der Waals surface area contributed by atoms with Crippen LogP contribution in [-0.4, -0.2) is 53.3 Å². The number of methoxy groups -OCH3 is 2. The summed E-state index contributed by atoms with van der Waals surface area (Å²) in [6.07, 6.45) is 1.61. The molecule has 0 bridgehead atoms. The van der Waals surface area contributed by atoms with Crippen LogP contribution < -0.4 is 0 Å². The van der Waals surface area contributed by atoms with E-state index in [0.29, 0.717) is 11.3 Å². The maximum absolute atomic E-state index is 12.6. The van der Waals surface area contributed by atoms with Crippen molar-refractivity contribution >= 4 is 40.9 Å². The summed E-state index contributed by atoms with van der Waals surface area (Å²) >= 11 is 0.768. The summed E-state index contributed by atoms with van der Waals surface area (Å²) in [6.45, 7) is 3.30. The minimum absolute atomic E-state index is 0.213. The zero-order valence-corrected chi connectivity index (χ0v) is 17.7. The highest BCUT2D eigenvalue weighted by molar-refractivity contribution is 8.18. The van der Waals surface area contributed by atoms with E-state index in [1.54, 1.807) is 24.3 Å². The quantitative estimate of drug-likeness (QED) is 0.533. The second-order valence-electron chi connectivity index (χ2n) is 6.51. The van der Waals surface area contributed by atoms with Crippen molar-refractivity contribution in [3.8, 4) is 5.69 Å². The molecule has 0 saturated carbocycles. The Labute approximate surface area is 177 Å². The van der Waals surface area contributed by atoms with Gasteiger partial charge in [-0.05, 0) is 55.4 Å². The number of carbonyl (C=O) groups is 4. The molecule has 30 heavy (non-hydrogen) atoms. The number of ether oxygens (including phenoxy) is 2. The number of aryl methyl sites for hydroxylation is 1. The molecule has 2 amide bonds. The van der Waals surface area contributed by atoms with E-state index in [4.69, 9.17) is 4.74 Å². The Bertz CT molecular complexity index is 1090. The van der Waals surface area contributed by atoms with Gasteiger partial charge in [-0.2, -0.15) is 0 Å². The third-order valence-electron chi connectivity index (χ3n) is 4.70. The molecule has 0 N–H and O–H groups in total. The highest BCUT2D eigenvalue weighted by Gasteiger charge is 2.36. The Hall–Kier alpha value is -3.33. The number of aromatic nitrogens is 1. The van der Waals surface area contributed by atoms with Gasteiger partial charge in [0.2, 0.25) is 0 Å². The van der Waals surface area contributed by atoms with Crippen LogP contribution in [0.2, 0.25) is 0 Å². The number of thioether (sulfide) groups is 1. The van der Waals surface area contributed by atoms with Gasteiger partial charge in [-0.1, -0.05) is 12.1 Å². The Balaban J connectivity index is 2.00. The lowest BCUT2D eigenvalue weighted by Crippen LogP contribution is -2.34. The predicted octanol–water partition coefficient (Wildman–Crippen LogP) is 3.09. The SMILES string of the molecule is COC(=O)CN1C(=O)S/C(=C\c2cc(C)n(-c3ccccc3C(=O)OC)c2C)C1=O.